The fourth-order valence-corrected chi connectivity index (χ4v) is 3.20. The molecule has 0 heterocycles. The lowest BCUT2D eigenvalue weighted by molar-refractivity contribution is 0.107. The Hall–Kier alpha value is -3.14. The van der Waals surface area contributed by atoms with Crippen LogP contribution in [0, 0.1) is 36.5 Å². The molecule has 0 saturated carbocycles. The Balaban J connectivity index is 1.89. The van der Waals surface area contributed by atoms with E-state index in [-0.39, 0.29) is 0 Å². The van der Waals surface area contributed by atoms with Gasteiger partial charge in [0.25, 0.3) is 0 Å². The van der Waals surface area contributed by atoms with Crippen LogP contribution in [0.5, 0.6) is 0 Å². The quantitative estimate of drug-likeness (QED) is 0.684. The van der Waals surface area contributed by atoms with Gasteiger partial charge in [-0.1, -0.05) is 53.6 Å². The van der Waals surface area contributed by atoms with Crippen molar-refractivity contribution in [1.29, 1.82) is 10.5 Å². The topological polar surface area (TPSA) is 56.8 Å². The minimum atomic E-state index is 0.301. The summed E-state index contributed by atoms with van der Waals surface area (Å²) >= 11 is 0. The standard InChI is InChI=1S/C22H18N2O/c1-15-7-16(2)9-17(8-15)13-25-14-19-10-18(11-23)20-5-3-4-6-21(20)22(19)12-24/h3-10H,13-14H2,1-2H3. The van der Waals surface area contributed by atoms with Crippen LogP contribution in [0.3, 0.4) is 0 Å². The lowest BCUT2D eigenvalue weighted by Gasteiger charge is -2.11. The molecule has 0 bridgehead atoms. The maximum Gasteiger partial charge on any atom is 0.100 e. The Kier molecular flexibility index (Phi) is 4.80. The Morgan fingerprint density at radius 2 is 1.52 bits per heavy atom. The van der Waals surface area contributed by atoms with Gasteiger partial charge in [-0.3, -0.25) is 0 Å². The van der Waals surface area contributed by atoms with E-state index >= 15 is 0 Å². The highest BCUT2D eigenvalue weighted by Gasteiger charge is 2.12. The summed E-state index contributed by atoms with van der Waals surface area (Å²) in [6, 6.07) is 20.1. The van der Waals surface area contributed by atoms with Crippen LogP contribution in [0.15, 0.2) is 48.5 Å². The van der Waals surface area contributed by atoms with Crippen molar-refractivity contribution in [3.8, 4) is 12.1 Å². The van der Waals surface area contributed by atoms with Gasteiger partial charge in [0.2, 0.25) is 0 Å². The average Bonchev–Trinajstić information content (AvgIpc) is 2.60. The number of rotatable bonds is 4. The van der Waals surface area contributed by atoms with E-state index in [0.717, 1.165) is 21.9 Å². The van der Waals surface area contributed by atoms with Crippen molar-refractivity contribution in [2.24, 2.45) is 0 Å². The number of nitrogens with zero attached hydrogens (tertiary/aromatic N) is 2. The third-order valence-corrected chi connectivity index (χ3v) is 4.17. The van der Waals surface area contributed by atoms with E-state index in [0.29, 0.717) is 24.3 Å². The zero-order valence-electron chi connectivity index (χ0n) is 14.3. The van der Waals surface area contributed by atoms with Crippen LogP contribution in [-0.2, 0) is 18.0 Å². The largest absolute Gasteiger partial charge is 0.372 e. The molecule has 0 radical (unpaired) electrons. The first-order chi connectivity index (χ1) is 12.1. The van der Waals surface area contributed by atoms with Crippen molar-refractivity contribution < 1.29 is 4.74 Å². The second kappa shape index (κ2) is 7.18. The number of fused-ring (bicyclic) bond motifs is 1. The van der Waals surface area contributed by atoms with Crippen molar-refractivity contribution in [3.63, 3.8) is 0 Å². The molecule has 0 aliphatic rings. The van der Waals surface area contributed by atoms with Crippen LogP contribution in [0.2, 0.25) is 0 Å². The average molecular weight is 326 g/mol. The summed E-state index contributed by atoms with van der Waals surface area (Å²) in [5.74, 6) is 0. The lowest BCUT2D eigenvalue weighted by atomic mass is 9.96. The monoisotopic (exact) mass is 326 g/mol. The van der Waals surface area contributed by atoms with E-state index in [4.69, 9.17) is 4.74 Å². The zero-order chi connectivity index (χ0) is 17.8. The number of hydrogen-bond donors (Lipinski definition) is 0. The highest BCUT2D eigenvalue weighted by atomic mass is 16.5. The summed E-state index contributed by atoms with van der Waals surface area (Å²) in [5, 5.41) is 20.6. The van der Waals surface area contributed by atoms with Crippen LogP contribution in [-0.4, -0.2) is 0 Å². The maximum absolute atomic E-state index is 9.58. The van der Waals surface area contributed by atoms with E-state index in [1.807, 2.05) is 24.3 Å². The molecule has 3 rings (SSSR count). The van der Waals surface area contributed by atoms with Gasteiger partial charge in [0, 0.05) is 10.8 Å². The first-order valence-electron chi connectivity index (χ1n) is 8.12. The van der Waals surface area contributed by atoms with Crippen LogP contribution in [0.4, 0.5) is 0 Å². The van der Waals surface area contributed by atoms with Gasteiger partial charge < -0.3 is 4.74 Å². The van der Waals surface area contributed by atoms with Crippen molar-refractivity contribution >= 4 is 10.8 Å². The predicted octanol–water partition coefficient (Wildman–Crippen LogP) is 4.92. The molecule has 3 nitrogen and oxygen atoms in total. The molecule has 0 saturated heterocycles. The van der Waals surface area contributed by atoms with E-state index in [9.17, 15) is 10.5 Å². The number of ether oxygens (including phenoxy) is 1. The molecule has 0 atom stereocenters. The van der Waals surface area contributed by atoms with E-state index in [1.165, 1.54) is 11.1 Å². The van der Waals surface area contributed by atoms with Crippen molar-refractivity contribution in [2.45, 2.75) is 27.1 Å². The van der Waals surface area contributed by atoms with Gasteiger partial charge in [-0.2, -0.15) is 10.5 Å². The molecule has 122 valence electrons. The van der Waals surface area contributed by atoms with Crippen LogP contribution < -0.4 is 0 Å². The van der Waals surface area contributed by atoms with Crippen LogP contribution in [0.25, 0.3) is 10.8 Å². The summed E-state index contributed by atoms with van der Waals surface area (Å²) in [6.45, 7) is 4.90. The molecule has 25 heavy (non-hydrogen) atoms. The third-order valence-electron chi connectivity index (χ3n) is 4.17. The first kappa shape index (κ1) is 16.7. The molecular weight excluding hydrogens is 308 g/mol. The predicted molar refractivity (Wildman–Crippen MR) is 97.8 cm³/mol. The molecule has 3 aromatic rings. The van der Waals surface area contributed by atoms with Gasteiger partial charge in [0.1, 0.15) is 6.07 Å². The Labute approximate surface area is 147 Å². The van der Waals surface area contributed by atoms with Crippen molar-refractivity contribution in [2.75, 3.05) is 0 Å². The molecule has 0 amide bonds. The number of hydrogen-bond acceptors (Lipinski definition) is 3. The molecule has 0 aliphatic carbocycles. The van der Waals surface area contributed by atoms with E-state index in [2.05, 4.69) is 44.2 Å². The molecule has 0 aliphatic heterocycles. The van der Waals surface area contributed by atoms with Gasteiger partial charge in [-0.25, -0.2) is 0 Å². The first-order valence-corrected chi connectivity index (χ1v) is 8.12. The minimum absolute atomic E-state index is 0.301. The number of aryl methyl sites for hydroxylation is 2. The normalized spacial score (nSPS) is 10.4. The summed E-state index contributed by atoms with van der Waals surface area (Å²) in [7, 11) is 0. The fourth-order valence-electron chi connectivity index (χ4n) is 3.20. The zero-order valence-corrected chi connectivity index (χ0v) is 14.3. The second-order valence-electron chi connectivity index (χ2n) is 6.22. The lowest BCUT2D eigenvalue weighted by Crippen LogP contribution is -2.00. The second-order valence-corrected chi connectivity index (χ2v) is 6.22. The SMILES string of the molecule is Cc1cc(C)cc(COCc2cc(C#N)c3ccccc3c2C#N)c1. The smallest absolute Gasteiger partial charge is 0.100 e. The Morgan fingerprint density at radius 1 is 0.840 bits per heavy atom. The molecule has 3 heteroatoms. The molecule has 0 aromatic heterocycles. The highest BCUT2D eigenvalue weighted by molar-refractivity contribution is 5.93. The van der Waals surface area contributed by atoms with Crippen LogP contribution in [0.1, 0.15) is 33.4 Å². The van der Waals surface area contributed by atoms with Crippen molar-refractivity contribution in [3.05, 3.63) is 81.9 Å². The molecule has 0 unspecified atom stereocenters. The van der Waals surface area contributed by atoms with Crippen molar-refractivity contribution in [1.82, 2.24) is 0 Å². The highest BCUT2D eigenvalue weighted by Crippen LogP contribution is 2.26. The maximum atomic E-state index is 9.58. The van der Waals surface area contributed by atoms with Crippen LogP contribution >= 0.6 is 0 Å². The van der Waals surface area contributed by atoms with E-state index < -0.39 is 0 Å². The van der Waals surface area contributed by atoms with Gasteiger partial charge in [0.05, 0.1) is 30.4 Å². The molecule has 0 fully saturated rings. The van der Waals surface area contributed by atoms with Gasteiger partial charge in [0.15, 0.2) is 0 Å². The summed E-state index contributed by atoms with van der Waals surface area (Å²) in [4.78, 5) is 0. The molecule has 0 N–H and O–H groups in total. The molecular formula is C22H18N2O. The molecule has 0 spiro atoms. The van der Waals surface area contributed by atoms with Gasteiger partial charge >= 0.3 is 0 Å². The third kappa shape index (κ3) is 3.53. The summed E-state index contributed by atoms with van der Waals surface area (Å²) in [6.07, 6.45) is 0. The minimum Gasteiger partial charge on any atom is -0.372 e. The molecule has 3 aromatic carbocycles. The number of benzene rings is 3. The van der Waals surface area contributed by atoms with E-state index in [1.54, 1.807) is 6.07 Å². The fraction of sp³-hybridized carbons (Fsp3) is 0.182. The van der Waals surface area contributed by atoms with Gasteiger partial charge in [-0.15, -0.1) is 0 Å². The summed E-state index contributed by atoms with van der Waals surface area (Å²) < 4.78 is 5.85. The summed E-state index contributed by atoms with van der Waals surface area (Å²) in [5.41, 5.74) is 5.41. The number of nitriles is 2. The Morgan fingerprint density at radius 3 is 2.16 bits per heavy atom. The Bertz CT molecular complexity index is 1000. The van der Waals surface area contributed by atoms with Gasteiger partial charge in [-0.05, 0) is 31.0 Å².